The summed E-state index contributed by atoms with van der Waals surface area (Å²) in [5, 5.41) is 19.4. The predicted molar refractivity (Wildman–Crippen MR) is 106 cm³/mol. The molecule has 0 saturated carbocycles. The van der Waals surface area contributed by atoms with Crippen molar-refractivity contribution in [1.82, 2.24) is 24.9 Å². The fourth-order valence-corrected chi connectivity index (χ4v) is 4.54. The molecule has 0 aliphatic carbocycles. The van der Waals surface area contributed by atoms with E-state index in [1.165, 1.54) is 0 Å². The third-order valence-electron chi connectivity index (χ3n) is 4.88. The van der Waals surface area contributed by atoms with Gasteiger partial charge < -0.3 is 10.0 Å². The zero-order valence-corrected chi connectivity index (χ0v) is 16.1. The Morgan fingerprint density at radius 2 is 2.18 bits per heavy atom. The number of carbonyl (C=O) groups excluding carboxylic acids is 1. The lowest BCUT2D eigenvalue weighted by Crippen LogP contribution is -2.47. The van der Waals surface area contributed by atoms with E-state index in [1.54, 1.807) is 40.7 Å². The Balaban J connectivity index is 1.70. The summed E-state index contributed by atoms with van der Waals surface area (Å²) in [5.74, 6) is 0.222. The van der Waals surface area contributed by atoms with E-state index < -0.39 is 5.97 Å². The van der Waals surface area contributed by atoms with Crippen molar-refractivity contribution in [2.45, 2.75) is 19.4 Å². The molecule has 1 aliphatic heterocycles. The number of carboxylic acids is 1. The van der Waals surface area contributed by atoms with Crippen molar-refractivity contribution in [2.24, 2.45) is 0 Å². The van der Waals surface area contributed by atoms with E-state index in [0.717, 1.165) is 22.2 Å². The quantitative estimate of drug-likeness (QED) is 0.720. The molecular formula is C19H19N5O3S. The maximum atomic E-state index is 13.1. The molecule has 2 aromatic heterocycles. The first-order valence-corrected chi connectivity index (χ1v) is 10.1. The lowest BCUT2D eigenvalue weighted by Gasteiger charge is -2.34. The third-order valence-corrected chi connectivity index (χ3v) is 5.97. The molecule has 1 fully saturated rings. The standard InChI is InChI=1S/C19H19N5O3S/c1-12-18(19(27)23-7-8-28-11-14(23)9-17(25)26)21-22-24(12)16-4-2-3-13-10-20-6-5-15(13)16/h2-6,10,14H,7-9,11H2,1H3,(H,25,26). The van der Waals surface area contributed by atoms with Crippen LogP contribution in [0.15, 0.2) is 36.7 Å². The van der Waals surface area contributed by atoms with Crippen LogP contribution in [0.25, 0.3) is 16.5 Å². The molecule has 0 bridgehead atoms. The minimum atomic E-state index is -0.907. The van der Waals surface area contributed by atoms with Crippen molar-refractivity contribution in [3.05, 3.63) is 48.0 Å². The lowest BCUT2D eigenvalue weighted by molar-refractivity contribution is -0.138. The molecule has 1 N–H and O–H groups in total. The Morgan fingerprint density at radius 1 is 1.32 bits per heavy atom. The smallest absolute Gasteiger partial charge is 0.305 e. The summed E-state index contributed by atoms with van der Waals surface area (Å²) >= 11 is 1.66. The second-order valence-corrected chi connectivity index (χ2v) is 7.78. The van der Waals surface area contributed by atoms with Crippen LogP contribution >= 0.6 is 11.8 Å². The van der Waals surface area contributed by atoms with Crippen molar-refractivity contribution in [1.29, 1.82) is 0 Å². The van der Waals surface area contributed by atoms with Crippen LogP contribution in [0, 0.1) is 6.92 Å². The van der Waals surface area contributed by atoms with E-state index in [1.807, 2.05) is 24.3 Å². The summed E-state index contributed by atoms with van der Waals surface area (Å²) in [7, 11) is 0. The number of rotatable bonds is 4. The molecule has 1 saturated heterocycles. The van der Waals surface area contributed by atoms with Crippen LogP contribution in [0.4, 0.5) is 0 Å². The molecule has 0 radical (unpaired) electrons. The highest BCUT2D eigenvalue weighted by molar-refractivity contribution is 7.99. The summed E-state index contributed by atoms with van der Waals surface area (Å²) in [6, 6.07) is 7.36. The number of pyridine rings is 1. The highest BCUT2D eigenvalue weighted by atomic mass is 32.2. The SMILES string of the molecule is Cc1c(C(=O)N2CCSCC2CC(=O)O)nnn1-c1cccc2cnccc12. The van der Waals surface area contributed by atoms with Crippen molar-refractivity contribution >= 4 is 34.4 Å². The zero-order chi connectivity index (χ0) is 19.7. The molecule has 1 unspecified atom stereocenters. The van der Waals surface area contributed by atoms with Gasteiger partial charge in [0.2, 0.25) is 0 Å². The Morgan fingerprint density at radius 3 is 3.00 bits per heavy atom. The maximum absolute atomic E-state index is 13.1. The van der Waals surface area contributed by atoms with Gasteiger partial charge in [-0.05, 0) is 19.1 Å². The summed E-state index contributed by atoms with van der Waals surface area (Å²) in [6.07, 6.45) is 3.42. The molecule has 1 aliphatic rings. The Bertz CT molecular complexity index is 1050. The van der Waals surface area contributed by atoms with E-state index in [0.29, 0.717) is 18.0 Å². The second-order valence-electron chi connectivity index (χ2n) is 6.63. The lowest BCUT2D eigenvalue weighted by atomic mass is 10.1. The molecule has 9 heteroatoms. The number of hydrogen-bond donors (Lipinski definition) is 1. The number of hydrogen-bond acceptors (Lipinski definition) is 6. The van der Waals surface area contributed by atoms with Crippen LogP contribution in [-0.2, 0) is 4.79 Å². The number of amides is 1. The van der Waals surface area contributed by atoms with E-state index in [2.05, 4.69) is 15.3 Å². The second kappa shape index (κ2) is 7.59. The highest BCUT2D eigenvalue weighted by Gasteiger charge is 2.32. The monoisotopic (exact) mass is 397 g/mol. The van der Waals surface area contributed by atoms with Gasteiger partial charge in [-0.1, -0.05) is 17.3 Å². The fourth-order valence-electron chi connectivity index (χ4n) is 3.47. The number of aromatic nitrogens is 4. The van der Waals surface area contributed by atoms with Crippen LogP contribution in [0.1, 0.15) is 22.6 Å². The first kappa shape index (κ1) is 18.4. The minimum Gasteiger partial charge on any atom is -0.481 e. The molecule has 1 amide bonds. The molecular weight excluding hydrogens is 378 g/mol. The average molecular weight is 397 g/mol. The number of fused-ring (bicyclic) bond motifs is 1. The molecule has 8 nitrogen and oxygen atoms in total. The number of thioether (sulfide) groups is 1. The van der Waals surface area contributed by atoms with Gasteiger partial charge in [-0.25, -0.2) is 4.68 Å². The van der Waals surface area contributed by atoms with Gasteiger partial charge in [0.25, 0.3) is 5.91 Å². The first-order chi connectivity index (χ1) is 13.6. The Hall–Kier alpha value is -2.94. The summed E-state index contributed by atoms with van der Waals surface area (Å²) in [4.78, 5) is 30.1. The van der Waals surface area contributed by atoms with Gasteiger partial charge in [-0.2, -0.15) is 11.8 Å². The van der Waals surface area contributed by atoms with Crippen LogP contribution in [0.2, 0.25) is 0 Å². The molecule has 1 atom stereocenters. The van der Waals surface area contributed by atoms with Crippen LogP contribution in [-0.4, -0.2) is 66.0 Å². The molecule has 28 heavy (non-hydrogen) atoms. The van der Waals surface area contributed by atoms with Gasteiger partial charge in [-0.15, -0.1) is 5.10 Å². The van der Waals surface area contributed by atoms with Crippen molar-refractivity contribution in [2.75, 3.05) is 18.1 Å². The largest absolute Gasteiger partial charge is 0.481 e. The summed E-state index contributed by atoms with van der Waals surface area (Å²) in [5.41, 5.74) is 1.70. The van der Waals surface area contributed by atoms with Crippen molar-refractivity contribution in [3.63, 3.8) is 0 Å². The normalized spacial score (nSPS) is 17.0. The maximum Gasteiger partial charge on any atom is 0.305 e. The average Bonchev–Trinajstić information content (AvgIpc) is 3.08. The number of benzene rings is 1. The number of carbonyl (C=O) groups is 2. The zero-order valence-electron chi connectivity index (χ0n) is 15.3. The number of carboxylic acid groups (broad SMARTS) is 1. The number of nitrogens with zero attached hydrogens (tertiary/aromatic N) is 5. The predicted octanol–water partition coefficient (Wildman–Crippen LogP) is 2.16. The van der Waals surface area contributed by atoms with E-state index in [4.69, 9.17) is 5.11 Å². The van der Waals surface area contributed by atoms with Gasteiger partial charge in [0.15, 0.2) is 5.69 Å². The minimum absolute atomic E-state index is 0.0672. The Kier molecular flexibility index (Phi) is 4.99. The van der Waals surface area contributed by atoms with E-state index >= 15 is 0 Å². The van der Waals surface area contributed by atoms with E-state index in [9.17, 15) is 9.59 Å². The molecule has 1 aromatic carbocycles. The van der Waals surface area contributed by atoms with Gasteiger partial charge in [0, 0.05) is 41.2 Å². The van der Waals surface area contributed by atoms with Gasteiger partial charge in [0.05, 0.1) is 23.8 Å². The van der Waals surface area contributed by atoms with Gasteiger partial charge in [0.1, 0.15) is 0 Å². The third kappa shape index (κ3) is 3.33. The van der Waals surface area contributed by atoms with Crippen molar-refractivity contribution in [3.8, 4) is 5.69 Å². The molecule has 3 aromatic rings. The molecule has 3 heterocycles. The molecule has 4 rings (SSSR count). The molecule has 144 valence electrons. The highest BCUT2D eigenvalue weighted by Crippen LogP contribution is 2.25. The van der Waals surface area contributed by atoms with Crippen LogP contribution < -0.4 is 0 Å². The van der Waals surface area contributed by atoms with Crippen LogP contribution in [0.5, 0.6) is 0 Å². The van der Waals surface area contributed by atoms with Gasteiger partial charge >= 0.3 is 5.97 Å². The Labute approximate surface area is 165 Å². The van der Waals surface area contributed by atoms with Crippen molar-refractivity contribution < 1.29 is 14.7 Å². The number of aliphatic carboxylic acids is 1. The molecule has 0 spiro atoms. The summed E-state index contributed by atoms with van der Waals surface area (Å²) < 4.78 is 1.65. The van der Waals surface area contributed by atoms with Gasteiger partial charge in [-0.3, -0.25) is 14.6 Å². The fraction of sp³-hybridized carbons (Fsp3) is 0.316. The first-order valence-electron chi connectivity index (χ1n) is 8.92. The summed E-state index contributed by atoms with van der Waals surface area (Å²) in [6.45, 7) is 2.31. The van der Waals surface area contributed by atoms with Crippen LogP contribution in [0.3, 0.4) is 0 Å². The van der Waals surface area contributed by atoms with E-state index in [-0.39, 0.29) is 24.1 Å². The topological polar surface area (TPSA) is 101 Å².